The fourth-order valence-corrected chi connectivity index (χ4v) is 2.35. The predicted molar refractivity (Wildman–Crippen MR) is 70.1 cm³/mol. The number of likely N-dealkylation sites (tertiary alicyclic amines) is 1. The average molecular weight is 270 g/mol. The van der Waals surface area contributed by atoms with Crippen LogP contribution >= 0.6 is 0 Å². The third-order valence-electron chi connectivity index (χ3n) is 3.66. The number of alkyl halides is 2. The van der Waals surface area contributed by atoms with Gasteiger partial charge in [0.1, 0.15) is 5.75 Å². The first kappa shape index (κ1) is 14.2. The lowest BCUT2D eigenvalue weighted by atomic mass is 9.94. The van der Waals surface area contributed by atoms with E-state index in [1.165, 1.54) is 0 Å². The van der Waals surface area contributed by atoms with Gasteiger partial charge in [0.25, 0.3) is 0 Å². The van der Waals surface area contributed by atoms with Crippen molar-refractivity contribution in [1.29, 1.82) is 0 Å². The molecule has 19 heavy (non-hydrogen) atoms. The molecule has 1 saturated heterocycles. The Morgan fingerprint density at radius 1 is 1.37 bits per heavy atom. The van der Waals surface area contributed by atoms with Gasteiger partial charge in [-0.25, -0.2) is 0 Å². The summed E-state index contributed by atoms with van der Waals surface area (Å²) < 4.78 is 28.4. The molecule has 0 aliphatic carbocycles. The fraction of sp³-hybridized carbons (Fsp3) is 0.571. The number of hydrogen-bond donors (Lipinski definition) is 1. The lowest BCUT2D eigenvalue weighted by Gasteiger charge is -2.35. The second-order valence-electron chi connectivity index (χ2n) is 5.19. The predicted octanol–water partition coefficient (Wildman–Crippen LogP) is 2.46. The normalized spacial score (nSPS) is 24.7. The summed E-state index contributed by atoms with van der Waals surface area (Å²) in [6.45, 7) is 2.13. The first-order valence-electron chi connectivity index (χ1n) is 6.56. The molecule has 2 rings (SSSR count). The second kappa shape index (κ2) is 6.30. The zero-order valence-electron chi connectivity index (χ0n) is 11.1. The van der Waals surface area contributed by atoms with Gasteiger partial charge >= 0.3 is 6.61 Å². The lowest BCUT2D eigenvalue weighted by molar-refractivity contribution is -0.0498. The summed E-state index contributed by atoms with van der Waals surface area (Å²) in [5.74, 6) is 0.765. The van der Waals surface area contributed by atoms with Crippen LogP contribution < -0.4 is 10.5 Å². The van der Waals surface area contributed by atoms with Gasteiger partial charge in [-0.3, -0.25) is 4.90 Å². The van der Waals surface area contributed by atoms with Gasteiger partial charge in [0.15, 0.2) is 0 Å². The molecular weight excluding hydrogens is 250 g/mol. The van der Waals surface area contributed by atoms with Crippen LogP contribution in [-0.2, 0) is 6.54 Å². The molecule has 1 fully saturated rings. The van der Waals surface area contributed by atoms with Crippen molar-refractivity contribution in [3.63, 3.8) is 0 Å². The Balaban J connectivity index is 1.89. The van der Waals surface area contributed by atoms with Crippen molar-refractivity contribution in [3.05, 3.63) is 29.8 Å². The van der Waals surface area contributed by atoms with Crippen molar-refractivity contribution in [2.75, 3.05) is 13.1 Å². The minimum absolute atomic E-state index is 0.197. The van der Waals surface area contributed by atoms with Crippen LogP contribution in [0.2, 0.25) is 0 Å². The van der Waals surface area contributed by atoms with Gasteiger partial charge in [-0.1, -0.05) is 19.1 Å². The first-order valence-corrected chi connectivity index (χ1v) is 6.56. The number of halogens is 2. The standard InChI is InChI=1S/C14H20F2N2O/c1-10-6-7-18(9-13(10)17)8-11-2-4-12(5-3-11)19-14(15)16/h2-5,10,13-14H,6-9,17H2,1H3. The van der Waals surface area contributed by atoms with Gasteiger partial charge in [-0.05, 0) is 36.6 Å². The molecule has 0 radical (unpaired) electrons. The van der Waals surface area contributed by atoms with Gasteiger partial charge < -0.3 is 10.5 Å². The van der Waals surface area contributed by atoms with Gasteiger partial charge in [-0.15, -0.1) is 0 Å². The number of piperidine rings is 1. The topological polar surface area (TPSA) is 38.5 Å². The monoisotopic (exact) mass is 270 g/mol. The smallest absolute Gasteiger partial charge is 0.387 e. The van der Waals surface area contributed by atoms with Crippen LogP contribution in [-0.4, -0.2) is 30.6 Å². The van der Waals surface area contributed by atoms with Crippen LogP contribution in [0.4, 0.5) is 8.78 Å². The highest BCUT2D eigenvalue weighted by atomic mass is 19.3. The van der Waals surface area contributed by atoms with Gasteiger partial charge in [0.05, 0.1) is 0 Å². The molecule has 2 atom stereocenters. The zero-order chi connectivity index (χ0) is 13.8. The largest absolute Gasteiger partial charge is 0.435 e. The molecule has 1 aromatic rings. The zero-order valence-corrected chi connectivity index (χ0v) is 11.1. The highest BCUT2D eigenvalue weighted by Crippen LogP contribution is 2.19. The summed E-state index contributed by atoms with van der Waals surface area (Å²) in [4.78, 5) is 2.30. The van der Waals surface area contributed by atoms with E-state index < -0.39 is 6.61 Å². The Kier molecular flexibility index (Phi) is 4.71. The third-order valence-corrected chi connectivity index (χ3v) is 3.66. The molecule has 0 spiro atoms. The van der Waals surface area contributed by atoms with E-state index in [-0.39, 0.29) is 11.8 Å². The lowest BCUT2D eigenvalue weighted by Crippen LogP contribution is -2.47. The number of rotatable bonds is 4. The molecule has 1 heterocycles. The molecule has 2 unspecified atom stereocenters. The molecule has 0 bridgehead atoms. The molecule has 2 N–H and O–H groups in total. The molecular formula is C14H20F2N2O. The molecule has 106 valence electrons. The van der Waals surface area contributed by atoms with Crippen molar-refractivity contribution in [3.8, 4) is 5.75 Å². The van der Waals surface area contributed by atoms with E-state index >= 15 is 0 Å². The second-order valence-corrected chi connectivity index (χ2v) is 5.19. The van der Waals surface area contributed by atoms with Crippen LogP contribution in [0.1, 0.15) is 18.9 Å². The minimum Gasteiger partial charge on any atom is -0.435 e. The first-order chi connectivity index (χ1) is 9.04. The molecule has 0 saturated carbocycles. The Morgan fingerprint density at radius 3 is 2.63 bits per heavy atom. The van der Waals surface area contributed by atoms with Crippen molar-refractivity contribution >= 4 is 0 Å². The summed E-state index contributed by atoms with van der Waals surface area (Å²) in [5.41, 5.74) is 7.14. The number of ether oxygens (including phenoxy) is 1. The highest BCUT2D eigenvalue weighted by Gasteiger charge is 2.22. The Hall–Kier alpha value is -1.20. The molecule has 1 aromatic carbocycles. The van der Waals surface area contributed by atoms with Gasteiger partial charge in [0, 0.05) is 19.1 Å². The average Bonchev–Trinajstić information content (AvgIpc) is 2.36. The minimum atomic E-state index is -2.77. The Bertz CT molecular complexity index is 397. The maximum atomic E-state index is 12.0. The summed E-state index contributed by atoms with van der Waals surface area (Å²) in [7, 11) is 0. The summed E-state index contributed by atoms with van der Waals surface area (Å²) >= 11 is 0. The van der Waals surface area contributed by atoms with Crippen molar-refractivity contribution in [1.82, 2.24) is 4.90 Å². The van der Waals surface area contributed by atoms with E-state index in [0.29, 0.717) is 5.92 Å². The van der Waals surface area contributed by atoms with Gasteiger partial charge in [-0.2, -0.15) is 8.78 Å². The molecule has 0 aromatic heterocycles. The fourth-order valence-electron chi connectivity index (χ4n) is 2.35. The van der Waals surface area contributed by atoms with E-state index in [1.807, 2.05) is 12.1 Å². The SMILES string of the molecule is CC1CCN(Cc2ccc(OC(F)F)cc2)CC1N. The molecule has 1 aliphatic heterocycles. The molecule has 3 nitrogen and oxygen atoms in total. The van der Waals surface area contributed by atoms with Crippen LogP contribution in [0.3, 0.4) is 0 Å². The number of benzene rings is 1. The maximum absolute atomic E-state index is 12.0. The van der Waals surface area contributed by atoms with E-state index in [2.05, 4.69) is 16.6 Å². The third kappa shape index (κ3) is 4.14. The maximum Gasteiger partial charge on any atom is 0.387 e. The summed E-state index contributed by atoms with van der Waals surface area (Å²) in [6.07, 6.45) is 1.10. The van der Waals surface area contributed by atoms with Crippen molar-refractivity contribution in [2.24, 2.45) is 11.7 Å². The number of hydrogen-bond acceptors (Lipinski definition) is 3. The van der Waals surface area contributed by atoms with Gasteiger partial charge in [0.2, 0.25) is 0 Å². The molecule has 0 amide bonds. The Morgan fingerprint density at radius 2 is 2.05 bits per heavy atom. The quantitative estimate of drug-likeness (QED) is 0.913. The summed E-state index contributed by atoms with van der Waals surface area (Å²) in [6, 6.07) is 7.01. The van der Waals surface area contributed by atoms with E-state index in [4.69, 9.17) is 5.73 Å². The number of nitrogens with zero attached hydrogens (tertiary/aromatic N) is 1. The van der Waals surface area contributed by atoms with Crippen LogP contribution in [0, 0.1) is 5.92 Å². The number of nitrogens with two attached hydrogens (primary N) is 1. The van der Waals surface area contributed by atoms with E-state index in [0.717, 1.165) is 31.6 Å². The van der Waals surface area contributed by atoms with Crippen molar-refractivity contribution in [2.45, 2.75) is 32.5 Å². The van der Waals surface area contributed by atoms with Crippen LogP contribution in [0.25, 0.3) is 0 Å². The molecule has 5 heteroatoms. The molecule has 1 aliphatic rings. The summed E-state index contributed by atoms with van der Waals surface area (Å²) in [5, 5.41) is 0. The Labute approximate surface area is 112 Å². The van der Waals surface area contributed by atoms with E-state index in [1.54, 1.807) is 12.1 Å². The van der Waals surface area contributed by atoms with Crippen molar-refractivity contribution < 1.29 is 13.5 Å². The highest BCUT2D eigenvalue weighted by molar-refractivity contribution is 5.27. The van der Waals surface area contributed by atoms with Crippen LogP contribution in [0.5, 0.6) is 5.75 Å². The van der Waals surface area contributed by atoms with E-state index in [9.17, 15) is 8.78 Å². The van der Waals surface area contributed by atoms with Crippen LogP contribution in [0.15, 0.2) is 24.3 Å².